The molecule has 0 saturated heterocycles. The van der Waals surface area contributed by atoms with Crippen LogP contribution in [0.3, 0.4) is 0 Å². The summed E-state index contributed by atoms with van der Waals surface area (Å²) in [6.07, 6.45) is 2.29. The summed E-state index contributed by atoms with van der Waals surface area (Å²) in [5.41, 5.74) is 1.14. The Balaban J connectivity index is 2.34. The van der Waals surface area contributed by atoms with Crippen LogP contribution in [0.4, 0.5) is 5.69 Å². The average molecular weight is 207 g/mol. The van der Waals surface area contributed by atoms with Gasteiger partial charge in [0.25, 0.3) is 0 Å². The maximum absolute atomic E-state index is 10.8. The summed E-state index contributed by atoms with van der Waals surface area (Å²) < 4.78 is 5.21. The van der Waals surface area contributed by atoms with Gasteiger partial charge in [-0.15, -0.1) is 0 Å². The average Bonchev–Trinajstić information content (AvgIpc) is 3.02. The molecule has 1 saturated carbocycles. The molecule has 0 aliphatic heterocycles. The fraction of sp³-hybridized carbons (Fsp3) is 0.455. The second-order valence-corrected chi connectivity index (χ2v) is 3.69. The lowest BCUT2D eigenvalue weighted by Gasteiger charge is -2.05. The van der Waals surface area contributed by atoms with Crippen LogP contribution < -0.4 is 4.74 Å². The number of rotatable bonds is 4. The standard InChI is InChI=1S/C11H13NO3/c1-2-15-11-6-5-9(8-3-4-8)7-10(11)12(13)14/h5-8H,2-4H2,1H3. The predicted molar refractivity (Wildman–Crippen MR) is 56.2 cm³/mol. The molecule has 1 aromatic carbocycles. The first-order valence-electron chi connectivity index (χ1n) is 5.13. The van der Waals surface area contributed by atoms with Gasteiger partial charge in [0.1, 0.15) is 0 Å². The molecule has 0 spiro atoms. The van der Waals surface area contributed by atoms with Crippen LogP contribution in [0.2, 0.25) is 0 Å². The number of nitrogens with zero attached hydrogens (tertiary/aromatic N) is 1. The van der Waals surface area contributed by atoms with E-state index in [-0.39, 0.29) is 10.6 Å². The molecule has 0 N–H and O–H groups in total. The predicted octanol–water partition coefficient (Wildman–Crippen LogP) is 2.87. The second-order valence-electron chi connectivity index (χ2n) is 3.69. The molecule has 0 atom stereocenters. The molecule has 1 aromatic rings. The van der Waals surface area contributed by atoms with Gasteiger partial charge in [-0.1, -0.05) is 6.07 Å². The van der Waals surface area contributed by atoms with Crippen molar-refractivity contribution in [2.45, 2.75) is 25.7 Å². The van der Waals surface area contributed by atoms with E-state index in [1.165, 1.54) is 0 Å². The zero-order chi connectivity index (χ0) is 10.8. The number of nitro benzene ring substituents is 1. The van der Waals surface area contributed by atoms with Crippen LogP contribution in [0, 0.1) is 10.1 Å². The van der Waals surface area contributed by atoms with Crippen LogP contribution in [-0.4, -0.2) is 11.5 Å². The zero-order valence-electron chi connectivity index (χ0n) is 8.60. The van der Waals surface area contributed by atoms with E-state index in [4.69, 9.17) is 4.74 Å². The van der Waals surface area contributed by atoms with E-state index in [0.717, 1.165) is 18.4 Å². The Morgan fingerprint density at radius 3 is 2.80 bits per heavy atom. The van der Waals surface area contributed by atoms with Crippen molar-refractivity contribution >= 4 is 5.69 Å². The Kier molecular flexibility index (Phi) is 2.58. The molecule has 0 aromatic heterocycles. The van der Waals surface area contributed by atoms with E-state index < -0.39 is 0 Å². The number of hydrogen-bond donors (Lipinski definition) is 0. The van der Waals surface area contributed by atoms with Gasteiger partial charge in [-0.2, -0.15) is 0 Å². The van der Waals surface area contributed by atoms with Crippen molar-refractivity contribution < 1.29 is 9.66 Å². The first-order valence-corrected chi connectivity index (χ1v) is 5.13. The summed E-state index contributed by atoms with van der Waals surface area (Å²) in [7, 11) is 0. The number of ether oxygens (including phenoxy) is 1. The third kappa shape index (κ3) is 2.09. The Labute approximate surface area is 88.0 Å². The molecule has 0 radical (unpaired) electrons. The molecule has 0 amide bonds. The molecular weight excluding hydrogens is 194 g/mol. The molecule has 0 heterocycles. The van der Waals surface area contributed by atoms with Gasteiger partial charge >= 0.3 is 5.69 Å². The van der Waals surface area contributed by atoms with Gasteiger partial charge < -0.3 is 4.74 Å². The monoisotopic (exact) mass is 207 g/mol. The highest BCUT2D eigenvalue weighted by Gasteiger charge is 2.26. The third-order valence-electron chi connectivity index (χ3n) is 2.53. The van der Waals surface area contributed by atoms with Crippen LogP contribution in [-0.2, 0) is 0 Å². The molecule has 1 fully saturated rings. The van der Waals surface area contributed by atoms with Crippen LogP contribution >= 0.6 is 0 Å². The molecule has 1 aliphatic carbocycles. The summed E-state index contributed by atoms with van der Waals surface area (Å²) in [5, 5.41) is 10.8. The zero-order valence-corrected chi connectivity index (χ0v) is 8.60. The summed E-state index contributed by atoms with van der Waals surface area (Å²) in [4.78, 5) is 10.4. The molecule has 0 unspecified atom stereocenters. The van der Waals surface area contributed by atoms with Crippen molar-refractivity contribution in [1.82, 2.24) is 0 Å². The summed E-state index contributed by atoms with van der Waals surface area (Å²) in [6.45, 7) is 2.27. The Bertz CT molecular complexity index is 385. The van der Waals surface area contributed by atoms with E-state index in [0.29, 0.717) is 18.3 Å². The minimum absolute atomic E-state index is 0.0845. The van der Waals surface area contributed by atoms with Gasteiger partial charge in [-0.3, -0.25) is 10.1 Å². The van der Waals surface area contributed by atoms with Crippen molar-refractivity contribution in [3.8, 4) is 5.75 Å². The van der Waals surface area contributed by atoms with E-state index in [2.05, 4.69) is 0 Å². The Morgan fingerprint density at radius 2 is 2.27 bits per heavy atom. The topological polar surface area (TPSA) is 52.4 Å². The molecule has 80 valence electrons. The van der Waals surface area contributed by atoms with E-state index in [1.807, 2.05) is 13.0 Å². The smallest absolute Gasteiger partial charge is 0.311 e. The minimum atomic E-state index is -0.378. The lowest BCUT2D eigenvalue weighted by Crippen LogP contribution is -1.98. The van der Waals surface area contributed by atoms with Gasteiger partial charge in [-0.25, -0.2) is 0 Å². The first-order chi connectivity index (χ1) is 7.22. The molecule has 1 aliphatic rings. The molecule has 4 heteroatoms. The van der Waals surface area contributed by atoms with E-state index >= 15 is 0 Å². The SMILES string of the molecule is CCOc1ccc(C2CC2)cc1[N+](=O)[O-]. The van der Waals surface area contributed by atoms with Crippen molar-refractivity contribution in [2.75, 3.05) is 6.61 Å². The second kappa shape index (κ2) is 3.88. The highest BCUT2D eigenvalue weighted by molar-refractivity contribution is 5.50. The molecule has 4 nitrogen and oxygen atoms in total. The molecule has 15 heavy (non-hydrogen) atoms. The number of benzene rings is 1. The Hall–Kier alpha value is -1.58. The quantitative estimate of drug-likeness (QED) is 0.563. The van der Waals surface area contributed by atoms with Crippen LogP contribution in [0.15, 0.2) is 18.2 Å². The highest BCUT2D eigenvalue weighted by Crippen LogP contribution is 2.42. The van der Waals surface area contributed by atoms with Crippen LogP contribution in [0.25, 0.3) is 0 Å². The van der Waals surface area contributed by atoms with Crippen LogP contribution in [0.5, 0.6) is 5.75 Å². The Morgan fingerprint density at radius 1 is 1.53 bits per heavy atom. The van der Waals surface area contributed by atoms with Gasteiger partial charge in [-0.05, 0) is 37.3 Å². The maximum Gasteiger partial charge on any atom is 0.311 e. The van der Waals surface area contributed by atoms with Gasteiger partial charge in [0.15, 0.2) is 5.75 Å². The lowest BCUT2D eigenvalue weighted by atomic mass is 10.1. The summed E-state index contributed by atoms with van der Waals surface area (Å²) in [6, 6.07) is 5.27. The number of nitro groups is 1. The van der Waals surface area contributed by atoms with Gasteiger partial charge in [0, 0.05) is 6.07 Å². The van der Waals surface area contributed by atoms with Crippen LogP contribution in [0.1, 0.15) is 31.2 Å². The van der Waals surface area contributed by atoms with Crippen molar-refractivity contribution in [1.29, 1.82) is 0 Å². The molecular formula is C11H13NO3. The highest BCUT2D eigenvalue weighted by atomic mass is 16.6. The number of hydrogen-bond acceptors (Lipinski definition) is 3. The van der Waals surface area contributed by atoms with Gasteiger partial charge in [0.05, 0.1) is 11.5 Å². The maximum atomic E-state index is 10.8. The van der Waals surface area contributed by atoms with Crippen molar-refractivity contribution in [3.05, 3.63) is 33.9 Å². The summed E-state index contributed by atoms with van der Waals surface area (Å²) >= 11 is 0. The van der Waals surface area contributed by atoms with Crippen molar-refractivity contribution in [2.24, 2.45) is 0 Å². The summed E-state index contributed by atoms with van der Waals surface area (Å²) in [5.74, 6) is 0.895. The lowest BCUT2D eigenvalue weighted by molar-refractivity contribution is -0.385. The fourth-order valence-corrected chi connectivity index (χ4v) is 1.63. The van der Waals surface area contributed by atoms with Crippen molar-refractivity contribution in [3.63, 3.8) is 0 Å². The molecule has 0 bridgehead atoms. The van der Waals surface area contributed by atoms with E-state index in [1.54, 1.807) is 12.1 Å². The first kappa shape index (κ1) is 9.96. The third-order valence-corrected chi connectivity index (χ3v) is 2.53. The normalized spacial score (nSPS) is 15.0. The van der Waals surface area contributed by atoms with Gasteiger partial charge in [0.2, 0.25) is 0 Å². The fourth-order valence-electron chi connectivity index (χ4n) is 1.63. The molecule has 2 rings (SSSR count). The van der Waals surface area contributed by atoms with E-state index in [9.17, 15) is 10.1 Å². The largest absolute Gasteiger partial charge is 0.487 e. The minimum Gasteiger partial charge on any atom is -0.487 e.